The smallest absolute Gasteiger partial charge is 0.108 e. The lowest BCUT2D eigenvalue weighted by Crippen LogP contribution is -2.34. The molecular formula is C9H18FN. The van der Waals surface area contributed by atoms with Crippen LogP contribution in [0, 0.1) is 5.92 Å². The van der Waals surface area contributed by atoms with Gasteiger partial charge in [0, 0.05) is 6.04 Å². The number of hydrogen-bond donors (Lipinski definition) is 1. The topological polar surface area (TPSA) is 26.0 Å². The van der Waals surface area contributed by atoms with Gasteiger partial charge >= 0.3 is 0 Å². The van der Waals surface area contributed by atoms with Crippen LogP contribution in [0.2, 0.25) is 0 Å². The summed E-state index contributed by atoms with van der Waals surface area (Å²) in [6.45, 7) is 3.35. The number of alkyl halides is 1. The normalized spacial score (nSPS) is 33.8. The molecule has 0 radical (unpaired) electrons. The molecule has 1 nitrogen and oxygen atoms in total. The Morgan fingerprint density at radius 1 is 1.18 bits per heavy atom. The van der Waals surface area contributed by atoms with E-state index in [1.165, 1.54) is 0 Å². The zero-order valence-corrected chi connectivity index (χ0v) is 7.44. The Kier molecular flexibility index (Phi) is 2.53. The quantitative estimate of drug-likeness (QED) is 0.624. The maximum Gasteiger partial charge on any atom is 0.108 e. The Morgan fingerprint density at radius 2 is 1.64 bits per heavy atom. The molecule has 1 fully saturated rings. The van der Waals surface area contributed by atoms with E-state index in [2.05, 4.69) is 0 Å². The van der Waals surface area contributed by atoms with Crippen LogP contribution < -0.4 is 5.73 Å². The molecule has 0 unspecified atom stereocenters. The van der Waals surface area contributed by atoms with Crippen molar-refractivity contribution in [3.63, 3.8) is 0 Å². The molecule has 1 aliphatic carbocycles. The molecule has 0 aromatic heterocycles. The molecule has 2 N–H and O–H groups in total. The van der Waals surface area contributed by atoms with Crippen LogP contribution in [0.25, 0.3) is 0 Å². The van der Waals surface area contributed by atoms with E-state index in [1.807, 2.05) is 0 Å². The summed E-state index contributed by atoms with van der Waals surface area (Å²) in [5.74, 6) is 0.238. The van der Waals surface area contributed by atoms with Gasteiger partial charge in [0.2, 0.25) is 0 Å². The fourth-order valence-electron chi connectivity index (χ4n) is 1.81. The van der Waals surface area contributed by atoms with Gasteiger partial charge in [0.1, 0.15) is 5.67 Å². The van der Waals surface area contributed by atoms with E-state index in [9.17, 15) is 4.39 Å². The Balaban J connectivity index is 2.39. The van der Waals surface area contributed by atoms with E-state index in [0.717, 1.165) is 25.7 Å². The summed E-state index contributed by atoms with van der Waals surface area (Å²) in [5, 5.41) is 0. The van der Waals surface area contributed by atoms with Crippen molar-refractivity contribution in [3.05, 3.63) is 0 Å². The molecule has 0 aliphatic heterocycles. The Morgan fingerprint density at radius 3 is 2.00 bits per heavy atom. The Hall–Kier alpha value is -0.110. The summed E-state index contributed by atoms with van der Waals surface area (Å²) in [6.07, 6.45) is 3.92. The van der Waals surface area contributed by atoms with Crippen molar-refractivity contribution in [1.29, 1.82) is 0 Å². The minimum Gasteiger partial charge on any atom is -0.328 e. The molecule has 1 rings (SSSR count). The Bertz CT molecular complexity index is 120. The standard InChI is InChI=1S/C9H18FN/c1-9(2,10)7-3-5-8(11)6-4-7/h7-8H,3-6,11H2,1-2H3. The summed E-state index contributed by atoms with van der Waals surface area (Å²) in [7, 11) is 0. The molecule has 0 aromatic rings. The van der Waals surface area contributed by atoms with Crippen LogP contribution in [0.1, 0.15) is 39.5 Å². The van der Waals surface area contributed by atoms with E-state index in [4.69, 9.17) is 5.73 Å². The predicted octanol–water partition coefficient (Wildman–Crippen LogP) is 2.25. The van der Waals surface area contributed by atoms with Crippen molar-refractivity contribution in [2.45, 2.75) is 51.2 Å². The van der Waals surface area contributed by atoms with E-state index < -0.39 is 5.67 Å². The van der Waals surface area contributed by atoms with Gasteiger partial charge < -0.3 is 5.73 Å². The van der Waals surface area contributed by atoms with Gasteiger partial charge in [-0.15, -0.1) is 0 Å². The van der Waals surface area contributed by atoms with Crippen LogP contribution in [-0.4, -0.2) is 11.7 Å². The third-order valence-electron chi connectivity index (χ3n) is 2.74. The largest absolute Gasteiger partial charge is 0.328 e. The first-order valence-electron chi connectivity index (χ1n) is 4.44. The first kappa shape index (κ1) is 8.98. The fourth-order valence-corrected chi connectivity index (χ4v) is 1.81. The molecule has 0 bridgehead atoms. The Labute approximate surface area is 68.2 Å². The molecule has 0 atom stereocenters. The number of hydrogen-bond acceptors (Lipinski definition) is 1. The molecule has 0 heterocycles. The third-order valence-corrected chi connectivity index (χ3v) is 2.74. The van der Waals surface area contributed by atoms with Crippen LogP contribution in [0.4, 0.5) is 4.39 Å². The van der Waals surface area contributed by atoms with Crippen LogP contribution >= 0.6 is 0 Å². The summed E-state index contributed by atoms with van der Waals surface area (Å²) in [5.41, 5.74) is 4.72. The van der Waals surface area contributed by atoms with Crippen LogP contribution in [0.5, 0.6) is 0 Å². The molecule has 0 amide bonds. The number of rotatable bonds is 1. The molecule has 0 saturated heterocycles. The van der Waals surface area contributed by atoms with Crippen molar-refractivity contribution in [2.24, 2.45) is 11.7 Å². The SMILES string of the molecule is CC(C)(F)C1CCC(N)CC1. The van der Waals surface area contributed by atoms with Crippen LogP contribution in [0.15, 0.2) is 0 Å². The summed E-state index contributed by atoms with van der Waals surface area (Å²) in [4.78, 5) is 0. The minimum absolute atomic E-state index is 0.238. The summed E-state index contributed by atoms with van der Waals surface area (Å²) < 4.78 is 13.4. The first-order chi connectivity index (χ1) is 5.00. The molecule has 2 heteroatoms. The highest BCUT2D eigenvalue weighted by atomic mass is 19.1. The molecule has 0 aromatic carbocycles. The predicted molar refractivity (Wildman–Crippen MR) is 45.1 cm³/mol. The highest BCUT2D eigenvalue weighted by molar-refractivity contribution is 4.84. The molecule has 1 aliphatic rings. The van der Waals surface area contributed by atoms with Crippen molar-refractivity contribution in [1.82, 2.24) is 0 Å². The highest BCUT2D eigenvalue weighted by Gasteiger charge is 2.31. The van der Waals surface area contributed by atoms with Gasteiger partial charge in [-0.3, -0.25) is 0 Å². The van der Waals surface area contributed by atoms with Crippen molar-refractivity contribution in [3.8, 4) is 0 Å². The van der Waals surface area contributed by atoms with E-state index in [-0.39, 0.29) is 5.92 Å². The van der Waals surface area contributed by atoms with Crippen molar-refractivity contribution < 1.29 is 4.39 Å². The second-order valence-electron chi connectivity index (χ2n) is 4.18. The summed E-state index contributed by atoms with van der Waals surface area (Å²) >= 11 is 0. The van der Waals surface area contributed by atoms with Gasteiger partial charge in [0.05, 0.1) is 0 Å². The van der Waals surface area contributed by atoms with E-state index in [0.29, 0.717) is 6.04 Å². The minimum atomic E-state index is -1.000. The van der Waals surface area contributed by atoms with Crippen LogP contribution in [-0.2, 0) is 0 Å². The summed E-state index contributed by atoms with van der Waals surface area (Å²) in [6, 6.07) is 0.327. The average molecular weight is 159 g/mol. The van der Waals surface area contributed by atoms with Crippen molar-refractivity contribution in [2.75, 3.05) is 0 Å². The highest BCUT2D eigenvalue weighted by Crippen LogP contribution is 2.34. The van der Waals surface area contributed by atoms with Gasteiger partial charge in [-0.05, 0) is 45.4 Å². The number of halogens is 1. The van der Waals surface area contributed by atoms with E-state index in [1.54, 1.807) is 13.8 Å². The average Bonchev–Trinajstić information content (AvgIpc) is 1.86. The van der Waals surface area contributed by atoms with Gasteiger partial charge in [0.25, 0.3) is 0 Å². The van der Waals surface area contributed by atoms with Crippen LogP contribution in [0.3, 0.4) is 0 Å². The maximum absolute atomic E-state index is 13.4. The zero-order valence-electron chi connectivity index (χ0n) is 7.44. The lowest BCUT2D eigenvalue weighted by atomic mass is 9.78. The van der Waals surface area contributed by atoms with Gasteiger partial charge in [-0.2, -0.15) is 0 Å². The third kappa shape index (κ3) is 2.44. The second-order valence-corrected chi connectivity index (χ2v) is 4.18. The zero-order chi connectivity index (χ0) is 8.48. The van der Waals surface area contributed by atoms with Gasteiger partial charge in [-0.25, -0.2) is 4.39 Å². The monoisotopic (exact) mass is 159 g/mol. The molecular weight excluding hydrogens is 141 g/mol. The second kappa shape index (κ2) is 3.10. The van der Waals surface area contributed by atoms with Crippen molar-refractivity contribution >= 4 is 0 Å². The lowest BCUT2D eigenvalue weighted by molar-refractivity contribution is 0.0899. The first-order valence-corrected chi connectivity index (χ1v) is 4.44. The van der Waals surface area contributed by atoms with Gasteiger partial charge in [-0.1, -0.05) is 0 Å². The van der Waals surface area contributed by atoms with Gasteiger partial charge in [0.15, 0.2) is 0 Å². The molecule has 66 valence electrons. The fraction of sp³-hybridized carbons (Fsp3) is 1.00. The molecule has 0 spiro atoms. The maximum atomic E-state index is 13.4. The molecule has 1 saturated carbocycles. The molecule has 11 heavy (non-hydrogen) atoms. The lowest BCUT2D eigenvalue weighted by Gasteiger charge is -2.32. The number of nitrogens with two attached hydrogens (primary N) is 1. The van der Waals surface area contributed by atoms with E-state index >= 15 is 0 Å².